The van der Waals surface area contributed by atoms with E-state index in [4.69, 9.17) is 8.83 Å². The number of thiophene rings is 4. The normalized spacial score (nSPS) is 13.4. The van der Waals surface area contributed by atoms with Gasteiger partial charge in [-0.3, -0.25) is 4.79 Å². The lowest BCUT2D eigenvalue weighted by Crippen LogP contribution is -2.31. The number of furan rings is 2. The third-order valence-electron chi connectivity index (χ3n) is 27.2. The van der Waals surface area contributed by atoms with Crippen molar-refractivity contribution in [2.75, 3.05) is 9.80 Å². The van der Waals surface area contributed by atoms with E-state index in [-0.39, 0.29) is 5.78 Å². The first-order valence-corrected chi connectivity index (χ1v) is 47.2. The van der Waals surface area contributed by atoms with Crippen molar-refractivity contribution in [2.24, 2.45) is 0 Å². The molecule has 0 saturated carbocycles. The Bertz CT molecular complexity index is 8640. The number of hydrogen-bond acceptors (Lipinski definition) is 9. The molecule has 0 saturated heterocycles. The van der Waals surface area contributed by atoms with Crippen molar-refractivity contribution in [3.8, 4) is 53.1 Å². The number of anilines is 6. The predicted molar refractivity (Wildman–Crippen MR) is 532 cm³/mol. The van der Waals surface area contributed by atoms with Crippen LogP contribution in [0.3, 0.4) is 0 Å². The van der Waals surface area contributed by atoms with Crippen LogP contribution in [0.1, 0.15) is 60.4 Å². The number of hydrogen-bond donors (Lipinski definition) is 0. The summed E-state index contributed by atoms with van der Waals surface area (Å²) in [6.07, 6.45) is 4.37. The maximum atomic E-state index is 11.6. The number of aromatic nitrogens is 2. The molecule has 12 heteroatoms. The average Bonchev–Trinajstić information content (AvgIpc) is 1.46. The monoisotopic (exact) mass is 1750 g/mol. The van der Waals surface area contributed by atoms with Crippen LogP contribution in [0.5, 0.6) is 0 Å². The Morgan fingerprint density at radius 2 is 0.698 bits per heavy atom. The molecule has 8 aromatic heterocycles. The van der Waals surface area contributed by atoms with Crippen LogP contribution in [-0.4, -0.2) is 14.9 Å². The van der Waals surface area contributed by atoms with Crippen LogP contribution in [0, 0.1) is 0 Å². The van der Waals surface area contributed by atoms with Gasteiger partial charge in [0.25, 0.3) is 0 Å². The second-order valence-electron chi connectivity index (χ2n) is 33.4. The van der Waals surface area contributed by atoms with Crippen LogP contribution in [0.2, 0.25) is 0 Å². The van der Waals surface area contributed by atoms with Crippen LogP contribution in [0.25, 0.3) is 162 Å². The first-order valence-electron chi connectivity index (χ1n) is 42.9. The maximum absolute atomic E-state index is 11.6. The Morgan fingerprint density at radius 3 is 1.25 bits per heavy atom. The van der Waals surface area contributed by atoms with E-state index >= 15 is 0 Å². The van der Waals surface area contributed by atoms with Gasteiger partial charge < -0.3 is 27.8 Å². The smallest absolute Gasteiger partial charge is 0.196 e. The molecule has 7 nitrogen and oxygen atoms in total. The predicted octanol–water partition coefficient (Wildman–Crippen LogP) is 32.7. The third-order valence-corrected chi connectivity index (χ3v) is 31.8. The van der Waals surface area contributed by atoms with Crippen molar-refractivity contribution >= 4 is 210 Å². The standard InChI is InChI=1S/C57H34N2OS2.C48H31BrN2O.C9H4OS2/c1-3-10-35(11-4-1)58(37-22-24-39-38-14-7-8-16-47(38)59(49(39)32-37)36-12-5-2-6-13-36)48-17-9-15-40-41-25-27-44-52(54(41)60-53(40)48)42-23-20-33-18-19-34-21-26-43(51(42)50(33)34)57(44)45-28-30-61-55(45)56-46(57)29-31-62-56;49-41-28-24-31-22-21-30-23-26-37(46(41)45(30)31)38-16-9-17-39-40-18-10-20-43(48(40)52-47(38)39)50(32-11-3-1-4-12-32)34-25-27-36-35-15-7-8-19-42(35)51(44(36)29-34)33-13-5-2-6-14-33;10-7-5-1-3-11-8(5)9-6(7)2-4-12-9/h1-17,20-32H,18-19H2;1-20,23-29H,21-22H2;1-4H. The summed E-state index contributed by atoms with van der Waals surface area (Å²) >= 11 is 11.0. The molecule has 5 aliphatic rings. The van der Waals surface area contributed by atoms with Crippen LogP contribution >= 0.6 is 61.3 Å². The number of carbonyl (C=O) groups is 1. The highest BCUT2D eigenvalue weighted by atomic mass is 79.9. The number of ketones is 1. The van der Waals surface area contributed by atoms with E-state index in [1.54, 1.807) is 22.7 Å². The molecule has 5 aliphatic carbocycles. The Labute approximate surface area is 748 Å². The van der Waals surface area contributed by atoms with Crippen LogP contribution in [0.4, 0.5) is 34.1 Å². The van der Waals surface area contributed by atoms with Gasteiger partial charge in [0, 0.05) is 119 Å². The molecule has 0 radical (unpaired) electrons. The number of halogens is 1. The number of fused-ring (bicyclic) bond motifs is 25. The number of aryl methyl sites for hydroxylation is 4. The summed E-state index contributed by atoms with van der Waals surface area (Å²) in [6, 6.07) is 126. The van der Waals surface area contributed by atoms with Gasteiger partial charge in [-0.1, -0.05) is 234 Å². The number of rotatable bonds is 9. The molecule has 0 amide bonds. The van der Waals surface area contributed by atoms with Gasteiger partial charge in [0.1, 0.15) is 11.2 Å². The Morgan fingerprint density at radius 1 is 0.286 bits per heavy atom. The van der Waals surface area contributed by atoms with Gasteiger partial charge in [-0.25, -0.2) is 0 Å². The van der Waals surface area contributed by atoms with E-state index in [0.717, 1.165) is 157 Å². The zero-order chi connectivity index (χ0) is 82.7. The van der Waals surface area contributed by atoms with Crippen LogP contribution in [-0.2, 0) is 31.1 Å². The second-order valence-corrected chi connectivity index (χ2v) is 38.0. The fraction of sp³-hybridized carbons (Fsp3) is 0.0439. The van der Waals surface area contributed by atoms with Gasteiger partial charge in [0.15, 0.2) is 16.9 Å². The summed E-state index contributed by atoms with van der Waals surface area (Å²) < 4.78 is 20.6. The zero-order valence-electron chi connectivity index (χ0n) is 67.6. The summed E-state index contributed by atoms with van der Waals surface area (Å²) in [7, 11) is 0. The number of carbonyl (C=O) groups excluding carboxylic acids is 1. The Balaban J connectivity index is 0.000000117. The topological polar surface area (TPSA) is 59.7 Å². The largest absolute Gasteiger partial charge is 0.453 e. The summed E-state index contributed by atoms with van der Waals surface area (Å²) in [5.74, 6) is 0.197. The molecule has 126 heavy (non-hydrogen) atoms. The lowest BCUT2D eigenvalue weighted by atomic mass is 9.61. The molecular formula is C114H69BrN4O3S4. The van der Waals surface area contributed by atoms with E-state index in [2.05, 4.69) is 379 Å². The molecular weight excluding hydrogens is 1680 g/mol. The Kier molecular flexibility index (Phi) is 16.0. The quantitative estimate of drug-likeness (QED) is 0.144. The first kappa shape index (κ1) is 72.3. The van der Waals surface area contributed by atoms with Crippen molar-refractivity contribution < 1.29 is 13.6 Å². The fourth-order valence-corrected chi connectivity index (χ4v) is 26.6. The molecule has 594 valence electrons. The van der Waals surface area contributed by atoms with Gasteiger partial charge in [0.2, 0.25) is 0 Å². The molecule has 16 aromatic carbocycles. The maximum Gasteiger partial charge on any atom is 0.196 e. The van der Waals surface area contributed by atoms with Crippen molar-refractivity contribution in [2.45, 2.75) is 31.1 Å². The van der Waals surface area contributed by atoms with E-state index in [0.29, 0.717) is 0 Å². The van der Waals surface area contributed by atoms with Gasteiger partial charge >= 0.3 is 0 Å². The molecule has 1 spiro atoms. The molecule has 0 aliphatic heterocycles. The van der Waals surface area contributed by atoms with Gasteiger partial charge in [0.05, 0.1) is 48.6 Å². The van der Waals surface area contributed by atoms with E-state index in [9.17, 15) is 4.79 Å². The lowest BCUT2D eigenvalue weighted by Gasteiger charge is -2.39. The van der Waals surface area contributed by atoms with Gasteiger partial charge in [-0.05, 0) is 246 Å². The van der Waals surface area contributed by atoms with E-state index < -0.39 is 5.41 Å². The van der Waals surface area contributed by atoms with Gasteiger partial charge in [-0.2, -0.15) is 0 Å². The molecule has 0 bridgehead atoms. The Hall–Kier alpha value is -14.2. The molecule has 0 fully saturated rings. The number of benzene rings is 16. The number of para-hydroxylation sites is 9. The minimum absolute atomic E-state index is 0.197. The van der Waals surface area contributed by atoms with Crippen molar-refractivity contribution in [3.63, 3.8) is 0 Å². The van der Waals surface area contributed by atoms with Crippen LogP contribution in [0.15, 0.2) is 381 Å². The van der Waals surface area contributed by atoms with Gasteiger partial charge in [-0.15, -0.1) is 45.3 Å². The second kappa shape index (κ2) is 27.9. The van der Waals surface area contributed by atoms with Crippen molar-refractivity contribution in [3.05, 3.63) is 427 Å². The van der Waals surface area contributed by atoms with Crippen molar-refractivity contribution in [1.29, 1.82) is 0 Å². The van der Waals surface area contributed by atoms with E-state index in [1.165, 1.54) is 125 Å². The highest BCUT2D eigenvalue weighted by molar-refractivity contribution is 9.10. The third kappa shape index (κ3) is 10.3. The fourth-order valence-electron chi connectivity index (χ4n) is 22.0. The molecule has 24 aromatic rings. The van der Waals surface area contributed by atoms with E-state index in [1.807, 2.05) is 45.6 Å². The molecule has 8 heterocycles. The van der Waals surface area contributed by atoms with Crippen LogP contribution < -0.4 is 9.80 Å². The molecule has 0 unspecified atom stereocenters. The summed E-state index contributed by atoms with van der Waals surface area (Å²) in [5.41, 5.74) is 34.3. The average molecular weight is 1750 g/mol. The SMILES string of the molecule is Brc1ccc2c3c(ccc(-c4cccc5c4oc4c(N(c6ccccc6)c6ccc7c8ccccc8n(-c8ccccc8)c7c6)cccc45)c13)CC2.O=C1c2ccsc2-c2sccc21.c1ccc(N(c2ccc3c4ccccc4n(-c4ccccc4)c3c2)c2cccc3c2oc2c4c(ccc23)C2(c3ccsc3-c3sccc32)c2ccc3c5c(ccc-4c25)CC3)cc1. The van der Waals surface area contributed by atoms with Crippen molar-refractivity contribution in [1.82, 2.24) is 9.13 Å². The molecule has 0 atom stereocenters. The highest BCUT2D eigenvalue weighted by Gasteiger charge is 2.53. The highest BCUT2D eigenvalue weighted by Crippen LogP contribution is 2.66. The first-order chi connectivity index (χ1) is 62.4. The molecule has 0 N–H and O–H groups in total. The minimum Gasteiger partial charge on any atom is -0.453 e. The lowest BCUT2D eigenvalue weighted by molar-refractivity contribution is 0.104. The molecule has 29 rings (SSSR count). The summed E-state index contributed by atoms with van der Waals surface area (Å²) in [5, 5.41) is 23.5. The summed E-state index contributed by atoms with van der Waals surface area (Å²) in [4.78, 5) is 21.5. The zero-order valence-corrected chi connectivity index (χ0v) is 72.4. The minimum atomic E-state index is -0.425. The number of nitrogens with zero attached hydrogens (tertiary/aromatic N) is 4. The summed E-state index contributed by atoms with van der Waals surface area (Å²) in [6.45, 7) is 0.